The number of thioether (sulfide) groups is 1. The van der Waals surface area contributed by atoms with Crippen molar-refractivity contribution in [3.63, 3.8) is 0 Å². The summed E-state index contributed by atoms with van der Waals surface area (Å²) < 4.78 is 0. The van der Waals surface area contributed by atoms with Crippen LogP contribution in [-0.2, 0) is 4.79 Å². The van der Waals surface area contributed by atoms with Gasteiger partial charge in [-0.3, -0.25) is 4.79 Å². The minimum atomic E-state index is -0.419. The van der Waals surface area contributed by atoms with Crippen LogP contribution in [0.15, 0.2) is 4.99 Å². The molecule has 0 aromatic rings. The highest BCUT2D eigenvalue weighted by Crippen LogP contribution is 2.34. The molecule has 6 nitrogen and oxygen atoms in total. The van der Waals surface area contributed by atoms with Gasteiger partial charge in [0.15, 0.2) is 0 Å². The number of likely N-dealkylation sites (tertiary alicyclic amines) is 1. The Hall–Kier alpha value is -1.24. The molecular formula is C14H24N4O2S. The molecule has 0 spiro atoms. The van der Waals surface area contributed by atoms with Crippen molar-refractivity contribution in [3.8, 4) is 0 Å². The normalized spacial score (nSPS) is 29.7. The highest BCUT2D eigenvalue weighted by atomic mass is 32.2. The third-order valence-corrected chi connectivity index (χ3v) is 5.27. The molecule has 3 unspecified atom stereocenters. The molecule has 0 aromatic carbocycles. The van der Waals surface area contributed by atoms with Crippen molar-refractivity contribution in [1.82, 2.24) is 10.2 Å². The second-order valence-corrected chi connectivity index (χ2v) is 6.98. The van der Waals surface area contributed by atoms with Crippen LogP contribution < -0.4 is 11.1 Å². The molecule has 1 aliphatic heterocycles. The number of hydrogen-bond donors (Lipinski definition) is 2. The Morgan fingerprint density at radius 1 is 1.33 bits per heavy atom. The molecule has 21 heavy (non-hydrogen) atoms. The molecular weight excluding hydrogens is 288 g/mol. The molecule has 118 valence electrons. The Kier molecular flexibility index (Phi) is 5.50. The maximum absolute atomic E-state index is 12.5. The summed E-state index contributed by atoms with van der Waals surface area (Å²) in [6.45, 7) is 2.88. The van der Waals surface area contributed by atoms with E-state index < -0.39 is 6.03 Å². The van der Waals surface area contributed by atoms with E-state index in [4.69, 9.17) is 5.73 Å². The minimum Gasteiger partial charge on any atom is -0.387 e. The number of nitrogens with one attached hydrogen (secondary N) is 1. The third-order valence-electron chi connectivity index (χ3n) is 4.17. The average Bonchev–Trinajstić information content (AvgIpc) is 3.05. The lowest BCUT2D eigenvalue weighted by atomic mass is 10.1. The molecule has 1 saturated heterocycles. The zero-order valence-electron chi connectivity index (χ0n) is 12.7. The van der Waals surface area contributed by atoms with Gasteiger partial charge in [0.2, 0.25) is 5.91 Å². The monoisotopic (exact) mass is 312 g/mol. The van der Waals surface area contributed by atoms with Gasteiger partial charge in [-0.25, -0.2) is 4.79 Å². The number of amidine groups is 1. The van der Waals surface area contributed by atoms with E-state index in [2.05, 4.69) is 16.6 Å². The van der Waals surface area contributed by atoms with Crippen LogP contribution in [-0.4, -0.2) is 53.3 Å². The summed E-state index contributed by atoms with van der Waals surface area (Å²) in [4.78, 5) is 29.5. The lowest BCUT2D eigenvalue weighted by molar-refractivity contribution is -0.134. The fourth-order valence-electron chi connectivity index (χ4n) is 3.08. The molecule has 0 radical (unpaired) electrons. The van der Waals surface area contributed by atoms with Gasteiger partial charge in [-0.1, -0.05) is 0 Å². The molecule has 3 N–H and O–H groups in total. The number of hydrogen-bond acceptors (Lipinski definition) is 3. The van der Waals surface area contributed by atoms with E-state index in [0.29, 0.717) is 11.8 Å². The zero-order valence-corrected chi connectivity index (χ0v) is 13.5. The molecule has 0 bridgehead atoms. The Labute approximate surface area is 129 Å². The number of urea groups is 1. The molecule has 1 aliphatic carbocycles. The maximum Gasteiger partial charge on any atom is 0.342 e. The molecule has 0 aromatic heterocycles. The van der Waals surface area contributed by atoms with Gasteiger partial charge < -0.3 is 16.0 Å². The lowest BCUT2D eigenvalue weighted by Gasteiger charge is -2.20. The van der Waals surface area contributed by atoms with Gasteiger partial charge in [0.05, 0.1) is 0 Å². The lowest BCUT2D eigenvalue weighted by Crippen LogP contribution is -2.39. The number of aliphatic imine (C=N–C) groups is 1. The van der Waals surface area contributed by atoms with Gasteiger partial charge in [0.25, 0.3) is 0 Å². The van der Waals surface area contributed by atoms with Gasteiger partial charge >= 0.3 is 6.03 Å². The van der Waals surface area contributed by atoms with E-state index in [1.54, 1.807) is 6.92 Å². The van der Waals surface area contributed by atoms with Crippen LogP contribution in [0.3, 0.4) is 0 Å². The van der Waals surface area contributed by atoms with Crippen molar-refractivity contribution < 1.29 is 9.59 Å². The highest BCUT2D eigenvalue weighted by Gasteiger charge is 2.35. The number of carbonyl (C=O) groups is 2. The van der Waals surface area contributed by atoms with Crippen LogP contribution in [0.25, 0.3) is 0 Å². The van der Waals surface area contributed by atoms with Crippen molar-refractivity contribution in [2.75, 3.05) is 19.3 Å². The number of nitrogens with two attached hydrogens (primary N) is 1. The van der Waals surface area contributed by atoms with Gasteiger partial charge in [0.1, 0.15) is 5.84 Å². The number of rotatable bonds is 3. The van der Waals surface area contributed by atoms with Crippen molar-refractivity contribution in [1.29, 1.82) is 0 Å². The van der Waals surface area contributed by atoms with Gasteiger partial charge in [-0.05, 0) is 38.9 Å². The van der Waals surface area contributed by atoms with Crippen LogP contribution in [0, 0.1) is 5.92 Å². The number of nitrogens with zero attached hydrogens (tertiary/aromatic N) is 2. The molecule has 2 rings (SSSR count). The van der Waals surface area contributed by atoms with Crippen LogP contribution in [0.2, 0.25) is 0 Å². The van der Waals surface area contributed by atoms with E-state index in [9.17, 15) is 9.59 Å². The molecule has 2 fully saturated rings. The van der Waals surface area contributed by atoms with Gasteiger partial charge in [-0.2, -0.15) is 16.8 Å². The first-order valence-electron chi connectivity index (χ1n) is 7.42. The first-order chi connectivity index (χ1) is 9.99. The van der Waals surface area contributed by atoms with Crippen molar-refractivity contribution in [2.24, 2.45) is 16.6 Å². The third kappa shape index (κ3) is 4.36. The Morgan fingerprint density at radius 2 is 2.10 bits per heavy atom. The van der Waals surface area contributed by atoms with E-state index in [-0.39, 0.29) is 23.7 Å². The second-order valence-electron chi connectivity index (χ2n) is 5.84. The summed E-state index contributed by atoms with van der Waals surface area (Å²) in [6, 6.07) is -0.431. The van der Waals surface area contributed by atoms with Crippen LogP contribution in [0.1, 0.15) is 32.6 Å². The van der Waals surface area contributed by atoms with Crippen LogP contribution in [0.5, 0.6) is 0 Å². The van der Waals surface area contributed by atoms with E-state index >= 15 is 0 Å². The summed E-state index contributed by atoms with van der Waals surface area (Å²) in [7, 11) is 0. The Bertz CT molecular complexity index is 437. The highest BCUT2D eigenvalue weighted by molar-refractivity contribution is 7.99. The summed E-state index contributed by atoms with van der Waals surface area (Å²) in [5.74, 6) is 0.663. The van der Waals surface area contributed by atoms with E-state index in [1.807, 2.05) is 16.7 Å². The first-order valence-corrected chi connectivity index (χ1v) is 8.71. The molecule has 3 amide bonds. The maximum atomic E-state index is 12.5. The number of carbonyl (C=O) groups excluding carboxylic acids is 2. The zero-order chi connectivity index (χ0) is 15.4. The van der Waals surface area contributed by atoms with Gasteiger partial charge in [0, 0.05) is 30.3 Å². The Balaban J connectivity index is 1.81. The van der Waals surface area contributed by atoms with E-state index in [1.165, 1.54) is 0 Å². The largest absolute Gasteiger partial charge is 0.387 e. The molecule has 1 heterocycles. The Morgan fingerprint density at radius 3 is 2.71 bits per heavy atom. The quantitative estimate of drug-likeness (QED) is 0.605. The van der Waals surface area contributed by atoms with Gasteiger partial charge in [-0.15, -0.1) is 0 Å². The van der Waals surface area contributed by atoms with E-state index in [0.717, 1.165) is 32.2 Å². The molecule has 1 saturated carbocycles. The minimum absolute atomic E-state index is 0.0118. The summed E-state index contributed by atoms with van der Waals surface area (Å²) in [5, 5.41) is 3.43. The summed E-state index contributed by atoms with van der Waals surface area (Å²) >= 11 is 1.86. The van der Waals surface area contributed by atoms with Crippen LogP contribution >= 0.6 is 11.8 Å². The smallest absolute Gasteiger partial charge is 0.342 e. The standard InChI is InChI=1S/C14H24N4O2S/c1-9(15)16-14(20)17-11-5-6-18(8-11)13(19)10-3-4-12(7-10)21-2/h10-12H,3-8H2,1-2H3,(H3,15,16,17,20). The van der Waals surface area contributed by atoms with Crippen molar-refractivity contribution >= 4 is 29.5 Å². The van der Waals surface area contributed by atoms with Crippen LogP contribution in [0.4, 0.5) is 4.79 Å². The molecule has 7 heteroatoms. The predicted molar refractivity (Wildman–Crippen MR) is 85.5 cm³/mol. The fourth-order valence-corrected chi connectivity index (χ4v) is 3.88. The average molecular weight is 312 g/mol. The molecule has 3 atom stereocenters. The van der Waals surface area contributed by atoms with Crippen molar-refractivity contribution in [2.45, 2.75) is 43.9 Å². The SMILES string of the molecule is CSC1CCC(C(=O)N2CCC(NC(=O)N=C(C)N)C2)C1. The summed E-state index contributed by atoms with van der Waals surface area (Å²) in [6.07, 6.45) is 6.02. The topological polar surface area (TPSA) is 87.8 Å². The summed E-state index contributed by atoms with van der Waals surface area (Å²) in [5.41, 5.74) is 5.37. The second kappa shape index (κ2) is 7.15. The predicted octanol–water partition coefficient (Wildman–Crippen LogP) is 1.21. The van der Waals surface area contributed by atoms with Crippen molar-refractivity contribution in [3.05, 3.63) is 0 Å². The first kappa shape index (κ1) is 16.1. The molecule has 2 aliphatic rings. The fraction of sp³-hybridized carbons (Fsp3) is 0.786. The number of amides is 3.